The number of hydrogen-bond acceptors (Lipinski definition) is 5. The minimum absolute atomic E-state index is 0.337. The zero-order valence-electron chi connectivity index (χ0n) is 12.7. The van der Waals surface area contributed by atoms with Gasteiger partial charge in [-0.2, -0.15) is 0 Å². The van der Waals surface area contributed by atoms with Crippen LogP contribution in [0.25, 0.3) is 0 Å². The van der Waals surface area contributed by atoms with Crippen molar-refractivity contribution in [2.45, 2.75) is 27.7 Å². The molecule has 1 aromatic rings. The van der Waals surface area contributed by atoms with Crippen molar-refractivity contribution in [3.8, 4) is 0 Å². The molecular weight excluding hydrogens is 274 g/mol. The Hall–Kier alpha value is -2.18. The standard InChI is InChI=1S/C14H21N3O4/c1-8(2)11(9(3)4)6-15-13-5-10(14(18)19)12(7-16-13)17(20)21/h5,7-9,11H,6H2,1-4H3,(H,15,16)(H,18,19). The van der Waals surface area contributed by atoms with Crippen molar-refractivity contribution in [2.24, 2.45) is 17.8 Å². The second-order valence-electron chi connectivity index (χ2n) is 5.68. The van der Waals surface area contributed by atoms with Crippen molar-refractivity contribution in [3.63, 3.8) is 0 Å². The molecule has 0 radical (unpaired) electrons. The summed E-state index contributed by atoms with van der Waals surface area (Å²) in [7, 11) is 0. The Morgan fingerprint density at radius 3 is 2.38 bits per heavy atom. The number of hydrogen-bond donors (Lipinski definition) is 2. The van der Waals surface area contributed by atoms with Gasteiger partial charge in [0.25, 0.3) is 0 Å². The van der Waals surface area contributed by atoms with E-state index in [0.717, 1.165) is 6.20 Å². The van der Waals surface area contributed by atoms with Crippen LogP contribution in [0.5, 0.6) is 0 Å². The molecule has 0 bridgehead atoms. The Morgan fingerprint density at radius 1 is 1.38 bits per heavy atom. The summed E-state index contributed by atoms with van der Waals surface area (Å²) in [6, 6.07) is 1.21. The van der Waals surface area contributed by atoms with Crippen LogP contribution >= 0.6 is 0 Å². The predicted octanol–water partition coefficient (Wildman–Crippen LogP) is 3.03. The molecular formula is C14H21N3O4. The lowest BCUT2D eigenvalue weighted by Crippen LogP contribution is -2.25. The average Bonchev–Trinajstić information content (AvgIpc) is 2.37. The fraction of sp³-hybridized carbons (Fsp3) is 0.571. The number of aromatic nitrogens is 1. The van der Waals surface area contributed by atoms with Crippen LogP contribution in [-0.4, -0.2) is 27.5 Å². The number of aromatic carboxylic acids is 1. The summed E-state index contributed by atoms with van der Waals surface area (Å²) in [4.78, 5) is 25.0. The van der Waals surface area contributed by atoms with Crippen molar-refractivity contribution in [1.29, 1.82) is 0 Å². The van der Waals surface area contributed by atoms with Gasteiger partial charge in [0.1, 0.15) is 17.6 Å². The maximum atomic E-state index is 11.1. The van der Waals surface area contributed by atoms with Gasteiger partial charge in [0.05, 0.1) is 4.92 Å². The molecule has 7 heteroatoms. The Bertz CT molecular complexity index is 521. The summed E-state index contributed by atoms with van der Waals surface area (Å²) in [6.07, 6.45) is 0.978. The molecule has 0 aromatic carbocycles. The summed E-state index contributed by atoms with van der Waals surface area (Å²) in [5, 5.41) is 22.9. The van der Waals surface area contributed by atoms with Crippen molar-refractivity contribution in [3.05, 3.63) is 27.9 Å². The number of rotatable bonds is 7. The highest BCUT2D eigenvalue weighted by molar-refractivity contribution is 5.93. The predicted molar refractivity (Wildman–Crippen MR) is 79.5 cm³/mol. The van der Waals surface area contributed by atoms with E-state index in [4.69, 9.17) is 5.11 Å². The zero-order chi connectivity index (χ0) is 16.2. The van der Waals surface area contributed by atoms with E-state index in [1.54, 1.807) is 0 Å². The lowest BCUT2D eigenvalue weighted by Gasteiger charge is -2.25. The summed E-state index contributed by atoms with van der Waals surface area (Å²) in [5.41, 5.74) is -0.861. The fourth-order valence-corrected chi connectivity index (χ4v) is 2.33. The minimum Gasteiger partial charge on any atom is -0.477 e. The van der Waals surface area contributed by atoms with Crippen LogP contribution in [0.4, 0.5) is 11.5 Å². The van der Waals surface area contributed by atoms with Crippen molar-refractivity contribution >= 4 is 17.5 Å². The number of carbonyl (C=O) groups is 1. The molecule has 0 aliphatic carbocycles. The highest BCUT2D eigenvalue weighted by Gasteiger charge is 2.22. The SMILES string of the molecule is CC(C)C(CNc1cc(C(=O)O)c([N+](=O)[O-])cn1)C(C)C. The zero-order valence-corrected chi connectivity index (χ0v) is 12.7. The van der Waals surface area contributed by atoms with E-state index in [2.05, 4.69) is 38.0 Å². The van der Waals surface area contributed by atoms with Crippen molar-refractivity contribution in [2.75, 3.05) is 11.9 Å². The van der Waals surface area contributed by atoms with Gasteiger partial charge in [0.15, 0.2) is 0 Å². The Kier molecular flexibility index (Phi) is 5.63. The van der Waals surface area contributed by atoms with Gasteiger partial charge in [-0.3, -0.25) is 10.1 Å². The monoisotopic (exact) mass is 295 g/mol. The molecule has 0 aliphatic rings. The Labute approximate surface area is 123 Å². The number of carboxylic acid groups (broad SMARTS) is 1. The van der Waals surface area contributed by atoms with E-state index in [0.29, 0.717) is 30.1 Å². The molecule has 0 aliphatic heterocycles. The quantitative estimate of drug-likeness (QED) is 0.591. The average molecular weight is 295 g/mol. The third kappa shape index (κ3) is 4.40. The molecule has 0 saturated carbocycles. The smallest absolute Gasteiger partial charge is 0.342 e. The number of nitrogens with zero attached hydrogens (tertiary/aromatic N) is 2. The molecule has 116 valence electrons. The van der Waals surface area contributed by atoms with Crippen LogP contribution in [-0.2, 0) is 0 Å². The first kappa shape index (κ1) is 16.9. The third-order valence-corrected chi connectivity index (χ3v) is 3.54. The first-order chi connectivity index (χ1) is 9.73. The minimum atomic E-state index is -1.34. The molecule has 0 saturated heterocycles. The Balaban J connectivity index is 2.93. The van der Waals surface area contributed by atoms with Gasteiger partial charge in [-0.15, -0.1) is 0 Å². The topological polar surface area (TPSA) is 105 Å². The molecule has 0 spiro atoms. The van der Waals surface area contributed by atoms with Gasteiger partial charge < -0.3 is 10.4 Å². The maximum Gasteiger partial charge on any atom is 0.342 e. The van der Waals surface area contributed by atoms with Gasteiger partial charge in [0, 0.05) is 12.6 Å². The molecule has 0 amide bonds. The fourth-order valence-electron chi connectivity index (χ4n) is 2.33. The largest absolute Gasteiger partial charge is 0.477 e. The van der Waals surface area contributed by atoms with Gasteiger partial charge >= 0.3 is 11.7 Å². The van der Waals surface area contributed by atoms with E-state index in [-0.39, 0.29) is 5.56 Å². The number of anilines is 1. The highest BCUT2D eigenvalue weighted by Crippen LogP contribution is 2.23. The second-order valence-corrected chi connectivity index (χ2v) is 5.68. The molecule has 2 N–H and O–H groups in total. The van der Waals surface area contributed by atoms with Crippen LogP contribution in [0, 0.1) is 27.9 Å². The van der Waals surface area contributed by atoms with Crippen LogP contribution in [0.2, 0.25) is 0 Å². The molecule has 1 rings (SSSR count). The van der Waals surface area contributed by atoms with Crippen LogP contribution in [0.15, 0.2) is 12.3 Å². The Morgan fingerprint density at radius 2 is 1.95 bits per heavy atom. The van der Waals surface area contributed by atoms with Gasteiger partial charge in [0.2, 0.25) is 0 Å². The van der Waals surface area contributed by atoms with E-state index < -0.39 is 16.6 Å². The summed E-state index contributed by atoms with van der Waals surface area (Å²) in [6.45, 7) is 9.13. The van der Waals surface area contributed by atoms with E-state index in [1.165, 1.54) is 6.07 Å². The molecule has 0 unspecified atom stereocenters. The number of nitro groups is 1. The number of carboxylic acids is 1. The first-order valence-electron chi connectivity index (χ1n) is 6.85. The molecule has 21 heavy (non-hydrogen) atoms. The van der Waals surface area contributed by atoms with E-state index >= 15 is 0 Å². The number of pyridine rings is 1. The van der Waals surface area contributed by atoms with E-state index in [9.17, 15) is 14.9 Å². The van der Waals surface area contributed by atoms with Crippen LogP contribution in [0.1, 0.15) is 38.1 Å². The summed E-state index contributed by atoms with van der Waals surface area (Å²) in [5.74, 6) is 0.333. The van der Waals surface area contributed by atoms with Gasteiger partial charge in [-0.25, -0.2) is 9.78 Å². The summed E-state index contributed by atoms with van der Waals surface area (Å²) >= 11 is 0. The molecule has 1 aromatic heterocycles. The van der Waals surface area contributed by atoms with Crippen LogP contribution in [0.3, 0.4) is 0 Å². The second kappa shape index (κ2) is 7.01. The normalized spacial score (nSPS) is 11.2. The van der Waals surface area contributed by atoms with Crippen molar-refractivity contribution in [1.82, 2.24) is 4.98 Å². The highest BCUT2D eigenvalue weighted by atomic mass is 16.6. The number of nitrogens with one attached hydrogen (secondary N) is 1. The van der Waals surface area contributed by atoms with Gasteiger partial charge in [-0.05, 0) is 17.8 Å². The molecule has 7 nitrogen and oxygen atoms in total. The van der Waals surface area contributed by atoms with E-state index in [1.807, 2.05) is 0 Å². The molecule has 0 atom stereocenters. The third-order valence-electron chi connectivity index (χ3n) is 3.54. The maximum absolute atomic E-state index is 11.1. The molecule has 0 fully saturated rings. The van der Waals surface area contributed by atoms with Gasteiger partial charge in [-0.1, -0.05) is 27.7 Å². The first-order valence-corrected chi connectivity index (χ1v) is 6.85. The van der Waals surface area contributed by atoms with Crippen LogP contribution < -0.4 is 5.32 Å². The lowest BCUT2D eigenvalue weighted by atomic mass is 9.85. The lowest BCUT2D eigenvalue weighted by molar-refractivity contribution is -0.385. The van der Waals surface area contributed by atoms with Crippen molar-refractivity contribution < 1.29 is 14.8 Å². The molecule has 1 heterocycles. The summed E-state index contributed by atoms with van der Waals surface area (Å²) < 4.78 is 0.